The van der Waals surface area contributed by atoms with Crippen molar-refractivity contribution < 1.29 is 9.53 Å². The van der Waals surface area contributed by atoms with E-state index in [0.29, 0.717) is 5.56 Å². The Balaban J connectivity index is 2.39. The van der Waals surface area contributed by atoms with Crippen molar-refractivity contribution in [2.75, 3.05) is 7.11 Å². The minimum atomic E-state index is -0.397. The number of hydrogen-bond acceptors (Lipinski definition) is 4. The van der Waals surface area contributed by atoms with E-state index in [1.165, 1.54) is 13.3 Å². The molecule has 2 heterocycles. The van der Waals surface area contributed by atoms with Gasteiger partial charge in [-0.2, -0.15) is 0 Å². The van der Waals surface area contributed by atoms with Crippen molar-refractivity contribution in [1.29, 1.82) is 0 Å². The fourth-order valence-electron chi connectivity index (χ4n) is 1.45. The molecule has 4 heteroatoms. The SMILES string of the molecule is COC(=O)c1cncc(-c2ccc(C)cn2)c1. The molecule has 2 rings (SSSR count). The summed E-state index contributed by atoms with van der Waals surface area (Å²) in [7, 11) is 1.35. The van der Waals surface area contributed by atoms with E-state index in [-0.39, 0.29) is 0 Å². The predicted octanol–water partition coefficient (Wildman–Crippen LogP) is 2.24. The minimum Gasteiger partial charge on any atom is -0.465 e. The first-order valence-electron chi connectivity index (χ1n) is 5.17. The maximum Gasteiger partial charge on any atom is 0.339 e. The Morgan fingerprint density at radius 3 is 2.71 bits per heavy atom. The zero-order valence-corrected chi connectivity index (χ0v) is 9.68. The summed E-state index contributed by atoms with van der Waals surface area (Å²) in [5.74, 6) is -0.397. The van der Waals surface area contributed by atoms with Crippen LogP contribution in [0.15, 0.2) is 36.8 Å². The van der Waals surface area contributed by atoms with Crippen molar-refractivity contribution in [3.63, 3.8) is 0 Å². The molecule has 0 radical (unpaired) electrons. The summed E-state index contributed by atoms with van der Waals surface area (Å²) in [4.78, 5) is 19.7. The van der Waals surface area contributed by atoms with Crippen LogP contribution in [0.25, 0.3) is 11.3 Å². The van der Waals surface area contributed by atoms with Crippen molar-refractivity contribution in [3.8, 4) is 11.3 Å². The van der Waals surface area contributed by atoms with Crippen LogP contribution in [0, 0.1) is 6.92 Å². The summed E-state index contributed by atoms with van der Waals surface area (Å²) in [5, 5.41) is 0. The van der Waals surface area contributed by atoms with E-state index < -0.39 is 5.97 Å². The minimum absolute atomic E-state index is 0.397. The van der Waals surface area contributed by atoms with Crippen LogP contribution in [-0.2, 0) is 4.74 Å². The Hall–Kier alpha value is -2.23. The summed E-state index contributed by atoms with van der Waals surface area (Å²) >= 11 is 0. The van der Waals surface area contributed by atoms with Crippen LogP contribution >= 0.6 is 0 Å². The first-order chi connectivity index (χ1) is 8.20. The molecule has 0 amide bonds. The van der Waals surface area contributed by atoms with Crippen molar-refractivity contribution in [1.82, 2.24) is 9.97 Å². The topological polar surface area (TPSA) is 52.1 Å². The number of nitrogens with zero attached hydrogens (tertiary/aromatic N) is 2. The van der Waals surface area contributed by atoms with Crippen LogP contribution in [0.5, 0.6) is 0 Å². The van der Waals surface area contributed by atoms with Gasteiger partial charge in [-0.05, 0) is 24.6 Å². The second-order valence-electron chi connectivity index (χ2n) is 3.67. The molecule has 0 saturated heterocycles. The van der Waals surface area contributed by atoms with E-state index in [9.17, 15) is 4.79 Å². The molecule has 0 saturated carbocycles. The number of pyridine rings is 2. The molecule has 17 heavy (non-hydrogen) atoms. The lowest BCUT2D eigenvalue weighted by atomic mass is 10.1. The summed E-state index contributed by atoms with van der Waals surface area (Å²) < 4.78 is 4.65. The highest BCUT2D eigenvalue weighted by molar-refractivity contribution is 5.90. The van der Waals surface area contributed by atoms with Gasteiger partial charge in [0.1, 0.15) is 0 Å². The monoisotopic (exact) mass is 228 g/mol. The molecule has 0 N–H and O–H groups in total. The summed E-state index contributed by atoms with van der Waals surface area (Å²) in [6.45, 7) is 1.97. The van der Waals surface area contributed by atoms with Gasteiger partial charge in [-0.1, -0.05) is 6.07 Å². The number of esters is 1. The maximum atomic E-state index is 11.4. The Kier molecular flexibility index (Phi) is 3.14. The zero-order chi connectivity index (χ0) is 12.3. The molecule has 0 aromatic carbocycles. The van der Waals surface area contributed by atoms with Gasteiger partial charge in [0.25, 0.3) is 0 Å². The molecule has 2 aromatic rings. The molecular formula is C13H12N2O2. The number of carbonyl (C=O) groups is 1. The molecule has 2 aromatic heterocycles. The molecule has 4 nitrogen and oxygen atoms in total. The number of aryl methyl sites for hydroxylation is 1. The predicted molar refractivity (Wildman–Crippen MR) is 63.5 cm³/mol. The number of rotatable bonds is 2. The van der Waals surface area contributed by atoms with Crippen molar-refractivity contribution in [3.05, 3.63) is 47.9 Å². The molecule has 0 aliphatic rings. The number of ether oxygens (including phenoxy) is 1. The Morgan fingerprint density at radius 2 is 2.06 bits per heavy atom. The molecule has 86 valence electrons. The Labute approximate surface area is 99.3 Å². The molecule has 0 aliphatic heterocycles. The van der Waals surface area contributed by atoms with E-state index in [4.69, 9.17) is 0 Å². The third-order valence-corrected chi connectivity index (χ3v) is 2.37. The molecular weight excluding hydrogens is 216 g/mol. The second kappa shape index (κ2) is 4.74. The van der Waals surface area contributed by atoms with Crippen molar-refractivity contribution >= 4 is 5.97 Å². The van der Waals surface area contributed by atoms with Gasteiger partial charge < -0.3 is 4.74 Å². The lowest BCUT2D eigenvalue weighted by Gasteiger charge is -2.03. The standard InChI is InChI=1S/C13H12N2O2/c1-9-3-4-12(15-6-9)10-5-11(8-14-7-10)13(16)17-2/h3-8H,1-2H3. The molecule has 0 atom stereocenters. The molecule has 0 fully saturated rings. The highest BCUT2D eigenvalue weighted by Gasteiger charge is 2.07. The fourth-order valence-corrected chi connectivity index (χ4v) is 1.45. The maximum absolute atomic E-state index is 11.4. The number of methoxy groups -OCH3 is 1. The zero-order valence-electron chi connectivity index (χ0n) is 9.68. The van der Waals surface area contributed by atoms with Crippen LogP contribution in [0.1, 0.15) is 15.9 Å². The van der Waals surface area contributed by atoms with Crippen LogP contribution in [0.2, 0.25) is 0 Å². The van der Waals surface area contributed by atoms with E-state index in [1.807, 2.05) is 19.1 Å². The van der Waals surface area contributed by atoms with Crippen LogP contribution < -0.4 is 0 Å². The van der Waals surface area contributed by atoms with E-state index in [2.05, 4.69) is 14.7 Å². The normalized spacial score (nSPS) is 10.0. The van der Waals surface area contributed by atoms with Gasteiger partial charge in [0, 0.05) is 24.2 Å². The molecule has 0 aliphatic carbocycles. The summed E-state index contributed by atoms with van der Waals surface area (Å²) in [6.07, 6.45) is 4.92. The van der Waals surface area contributed by atoms with Gasteiger partial charge in [0.15, 0.2) is 0 Å². The number of carbonyl (C=O) groups excluding carboxylic acids is 1. The lowest BCUT2D eigenvalue weighted by molar-refractivity contribution is 0.0600. The third kappa shape index (κ3) is 2.47. The quantitative estimate of drug-likeness (QED) is 0.740. The van der Waals surface area contributed by atoms with Gasteiger partial charge in [-0.25, -0.2) is 4.79 Å². The van der Waals surface area contributed by atoms with Gasteiger partial charge in [0.2, 0.25) is 0 Å². The summed E-state index contributed by atoms with van der Waals surface area (Å²) in [6, 6.07) is 5.58. The summed E-state index contributed by atoms with van der Waals surface area (Å²) in [5.41, 5.74) is 3.10. The largest absolute Gasteiger partial charge is 0.465 e. The Bertz CT molecular complexity index is 535. The molecule has 0 bridgehead atoms. The van der Waals surface area contributed by atoms with Gasteiger partial charge >= 0.3 is 5.97 Å². The van der Waals surface area contributed by atoms with Gasteiger partial charge in [-0.15, -0.1) is 0 Å². The average Bonchev–Trinajstić information content (AvgIpc) is 2.39. The molecule has 0 spiro atoms. The fraction of sp³-hybridized carbons (Fsp3) is 0.154. The van der Waals surface area contributed by atoms with Crippen LogP contribution in [-0.4, -0.2) is 23.0 Å². The average molecular weight is 228 g/mol. The number of hydrogen-bond donors (Lipinski definition) is 0. The lowest BCUT2D eigenvalue weighted by Crippen LogP contribution is -2.02. The van der Waals surface area contributed by atoms with Gasteiger partial charge in [-0.3, -0.25) is 9.97 Å². The number of aromatic nitrogens is 2. The highest BCUT2D eigenvalue weighted by atomic mass is 16.5. The van der Waals surface area contributed by atoms with Crippen molar-refractivity contribution in [2.45, 2.75) is 6.92 Å². The Morgan fingerprint density at radius 1 is 1.24 bits per heavy atom. The first kappa shape index (κ1) is 11.3. The van der Waals surface area contributed by atoms with Crippen LogP contribution in [0.4, 0.5) is 0 Å². The van der Waals surface area contributed by atoms with E-state index >= 15 is 0 Å². The van der Waals surface area contributed by atoms with Crippen molar-refractivity contribution in [2.24, 2.45) is 0 Å². The molecule has 0 unspecified atom stereocenters. The smallest absolute Gasteiger partial charge is 0.339 e. The van der Waals surface area contributed by atoms with E-state index in [0.717, 1.165) is 16.8 Å². The van der Waals surface area contributed by atoms with Gasteiger partial charge in [0.05, 0.1) is 18.4 Å². The third-order valence-electron chi connectivity index (χ3n) is 2.37. The highest BCUT2D eigenvalue weighted by Crippen LogP contribution is 2.17. The second-order valence-corrected chi connectivity index (χ2v) is 3.67. The van der Waals surface area contributed by atoms with E-state index in [1.54, 1.807) is 18.5 Å². The first-order valence-corrected chi connectivity index (χ1v) is 5.17. The van der Waals surface area contributed by atoms with Crippen LogP contribution in [0.3, 0.4) is 0 Å².